The first-order valence-corrected chi connectivity index (χ1v) is 6.71. The lowest BCUT2D eigenvalue weighted by molar-refractivity contribution is -0.147. The van der Waals surface area contributed by atoms with Crippen LogP contribution < -0.4 is 5.73 Å². The van der Waals surface area contributed by atoms with Gasteiger partial charge in [-0.15, -0.1) is 0 Å². The van der Waals surface area contributed by atoms with Crippen LogP contribution in [0.4, 0.5) is 5.69 Å². The topological polar surface area (TPSA) is 78.6 Å². The van der Waals surface area contributed by atoms with Crippen LogP contribution in [0.1, 0.15) is 30.1 Å². The van der Waals surface area contributed by atoms with Crippen molar-refractivity contribution >= 4 is 33.6 Å². The summed E-state index contributed by atoms with van der Waals surface area (Å²) in [7, 11) is 0. The maximum atomic E-state index is 11.7. The van der Waals surface area contributed by atoms with Crippen molar-refractivity contribution in [2.24, 2.45) is 0 Å². The highest BCUT2D eigenvalue weighted by molar-refractivity contribution is 9.10. The number of hydrogen-bond donors (Lipinski definition) is 1. The van der Waals surface area contributed by atoms with Crippen molar-refractivity contribution in [1.29, 1.82) is 0 Å². The highest BCUT2D eigenvalue weighted by Gasteiger charge is 2.14. The lowest BCUT2D eigenvalue weighted by Crippen LogP contribution is -2.17. The fourth-order valence-electron chi connectivity index (χ4n) is 1.27. The molecule has 6 heteroatoms. The molecule has 19 heavy (non-hydrogen) atoms. The summed E-state index contributed by atoms with van der Waals surface area (Å²) >= 11 is 3.22. The van der Waals surface area contributed by atoms with Crippen LogP contribution in [0.25, 0.3) is 0 Å². The van der Waals surface area contributed by atoms with Crippen molar-refractivity contribution in [1.82, 2.24) is 0 Å². The normalized spacial score (nSPS) is 10.0. The molecule has 104 valence electrons. The Labute approximate surface area is 120 Å². The molecule has 0 bridgehead atoms. The van der Waals surface area contributed by atoms with Gasteiger partial charge in [-0.2, -0.15) is 0 Å². The molecule has 2 N–H and O–H groups in total. The first-order valence-electron chi connectivity index (χ1n) is 5.92. The van der Waals surface area contributed by atoms with Crippen LogP contribution in [0.2, 0.25) is 0 Å². The second kappa shape index (κ2) is 7.78. The van der Waals surface area contributed by atoms with Crippen molar-refractivity contribution in [2.45, 2.75) is 19.8 Å². The summed E-state index contributed by atoms with van der Waals surface area (Å²) in [6, 6.07) is 4.78. The monoisotopic (exact) mass is 329 g/mol. The number of anilines is 1. The highest BCUT2D eigenvalue weighted by atomic mass is 79.9. The Bertz CT molecular complexity index is 462. The van der Waals surface area contributed by atoms with Gasteiger partial charge < -0.3 is 15.2 Å². The van der Waals surface area contributed by atoms with Crippen LogP contribution in [-0.4, -0.2) is 25.2 Å². The molecule has 0 atom stereocenters. The van der Waals surface area contributed by atoms with Crippen LogP contribution in [0.15, 0.2) is 22.7 Å². The molecule has 0 fully saturated rings. The van der Waals surface area contributed by atoms with Crippen LogP contribution in [0.5, 0.6) is 0 Å². The second-order valence-corrected chi connectivity index (χ2v) is 4.74. The summed E-state index contributed by atoms with van der Waals surface area (Å²) in [5.41, 5.74) is 6.31. The summed E-state index contributed by atoms with van der Waals surface area (Å²) in [6.07, 6.45) is 1.73. The number of carbonyl (C=O) groups excluding carboxylic acids is 2. The van der Waals surface area contributed by atoms with Crippen molar-refractivity contribution in [3.05, 3.63) is 28.2 Å². The van der Waals surface area contributed by atoms with E-state index in [1.807, 2.05) is 6.92 Å². The maximum absolute atomic E-state index is 11.7. The van der Waals surface area contributed by atoms with E-state index in [9.17, 15) is 9.59 Å². The zero-order chi connectivity index (χ0) is 14.3. The molecule has 1 aromatic carbocycles. The van der Waals surface area contributed by atoms with E-state index in [1.54, 1.807) is 12.1 Å². The summed E-state index contributed by atoms with van der Waals surface area (Å²) in [6.45, 7) is 1.93. The van der Waals surface area contributed by atoms with Gasteiger partial charge in [0.15, 0.2) is 6.61 Å². The number of ether oxygens (including phenoxy) is 2. The van der Waals surface area contributed by atoms with E-state index in [0.717, 1.165) is 12.8 Å². The lowest BCUT2D eigenvalue weighted by atomic mass is 10.2. The van der Waals surface area contributed by atoms with Crippen molar-refractivity contribution in [3.63, 3.8) is 0 Å². The lowest BCUT2D eigenvalue weighted by Gasteiger charge is -2.07. The third-order valence-electron chi connectivity index (χ3n) is 2.29. The van der Waals surface area contributed by atoms with E-state index < -0.39 is 18.5 Å². The zero-order valence-electron chi connectivity index (χ0n) is 10.6. The molecular weight excluding hydrogens is 314 g/mol. The largest absolute Gasteiger partial charge is 0.463 e. The molecule has 0 saturated heterocycles. The Morgan fingerprint density at radius 2 is 2.05 bits per heavy atom. The summed E-state index contributed by atoms with van der Waals surface area (Å²) in [5.74, 6) is -1.17. The average molecular weight is 330 g/mol. The first kappa shape index (κ1) is 15.5. The van der Waals surface area contributed by atoms with E-state index in [4.69, 9.17) is 15.2 Å². The second-order valence-electron chi connectivity index (χ2n) is 3.89. The average Bonchev–Trinajstić information content (AvgIpc) is 2.39. The van der Waals surface area contributed by atoms with Gasteiger partial charge in [-0.05, 0) is 40.5 Å². The Kier molecular flexibility index (Phi) is 6.35. The smallest absolute Gasteiger partial charge is 0.344 e. The number of halogens is 1. The van der Waals surface area contributed by atoms with Crippen molar-refractivity contribution < 1.29 is 19.1 Å². The summed E-state index contributed by atoms with van der Waals surface area (Å²) in [5, 5.41) is 0. The molecule has 1 rings (SSSR count). The van der Waals surface area contributed by atoms with Gasteiger partial charge in [-0.1, -0.05) is 13.3 Å². The Morgan fingerprint density at radius 3 is 2.74 bits per heavy atom. The van der Waals surface area contributed by atoms with Gasteiger partial charge in [0.2, 0.25) is 0 Å². The molecule has 0 aliphatic heterocycles. The van der Waals surface area contributed by atoms with E-state index >= 15 is 0 Å². The van der Waals surface area contributed by atoms with E-state index in [-0.39, 0.29) is 5.56 Å². The molecule has 0 aromatic heterocycles. The van der Waals surface area contributed by atoms with Gasteiger partial charge in [0.25, 0.3) is 0 Å². The summed E-state index contributed by atoms with van der Waals surface area (Å²) in [4.78, 5) is 23.0. The van der Waals surface area contributed by atoms with Crippen molar-refractivity contribution in [3.8, 4) is 0 Å². The van der Waals surface area contributed by atoms with Gasteiger partial charge in [0, 0.05) is 10.2 Å². The minimum atomic E-state index is -0.619. The summed E-state index contributed by atoms with van der Waals surface area (Å²) < 4.78 is 10.3. The van der Waals surface area contributed by atoms with Crippen LogP contribution in [-0.2, 0) is 14.3 Å². The molecular formula is C13H16BrNO4. The predicted molar refractivity (Wildman–Crippen MR) is 74.7 cm³/mol. The minimum absolute atomic E-state index is 0.279. The van der Waals surface area contributed by atoms with E-state index in [1.165, 1.54) is 6.07 Å². The number of unbranched alkanes of at least 4 members (excludes halogenated alkanes) is 1. The van der Waals surface area contributed by atoms with Gasteiger partial charge in [0.05, 0.1) is 12.2 Å². The van der Waals surface area contributed by atoms with Crippen molar-refractivity contribution in [2.75, 3.05) is 18.9 Å². The maximum Gasteiger partial charge on any atom is 0.344 e. The Morgan fingerprint density at radius 1 is 1.32 bits per heavy atom. The standard InChI is InChI=1S/C13H16BrNO4/c1-2-3-6-18-12(16)8-19-13(17)10-7-9(15)4-5-11(10)14/h4-5,7H,2-3,6,8,15H2,1H3. The van der Waals surface area contributed by atoms with Gasteiger partial charge >= 0.3 is 11.9 Å². The molecule has 0 spiro atoms. The molecule has 0 unspecified atom stereocenters. The number of carbonyl (C=O) groups is 2. The number of nitrogen functional groups attached to an aromatic ring is 1. The number of hydrogen-bond acceptors (Lipinski definition) is 5. The number of rotatable bonds is 6. The first-order chi connectivity index (χ1) is 9.04. The quantitative estimate of drug-likeness (QED) is 0.493. The molecule has 0 radical (unpaired) electrons. The van der Waals surface area contributed by atoms with Gasteiger partial charge in [-0.25, -0.2) is 9.59 Å². The predicted octanol–water partition coefficient (Wildman–Crippen LogP) is 2.53. The Balaban J connectivity index is 2.47. The van der Waals surface area contributed by atoms with Crippen LogP contribution in [0.3, 0.4) is 0 Å². The van der Waals surface area contributed by atoms with E-state index in [2.05, 4.69) is 15.9 Å². The third-order valence-corrected chi connectivity index (χ3v) is 2.98. The number of nitrogens with two attached hydrogens (primary N) is 1. The minimum Gasteiger partial charge on any atom is -0.463 e. The molecule has 0 amide bonds. The molecule has 0 saturated carbocycles. The fourth-order valence-corrected chi connectivity index (χ4v) is 1.68. The Hall–Kier alpha value is -1.56. The number of esters is 2. The van der Waals surface area contributed by atoms with Gasteiger partial charge in [0.1, 0.15) is 0 Å². The SMILES string of the molecule is CCCCOC(=O)COC(=O)c1cc(N)ccc1Br. The fraction of sp³-hybridized carbons (Fsp3) is 0.385. The molecule has 5 nitrogen and oxygen atoms in total. The molecule has 0 heterocycles. The molecule has 0 aliphatic carbocycles. The van der Waals surface area contributed by atoms with E-state index in [0.29, 0.717) is 16.8 Å². The third kappa shape index (κ3) is 5.30. The number of benzene rings is 1. The molecule has 0 aliphatic rings. The zero-order valence-corrected chi connectivity index (χ0v) is 12.2. The van der Waals surface area contributed by atoms with Gasteiger partial charge in [-0.3, -0.25) is 0 Å². The molecule has 1 aromatic rings. The van der Waals surface area contributed by atoms with Crippen LogP contribution in [0, 0.1) is 0 Å². The van der Waals surface area contributed by atoms with Crippen LogP contribution >= 0.6 is 15.9 Å². The highest BCUT2D eigenvalue weighted by Crippen LogP contribution is 2.20.